The van der Waals surface area contributed by atoms with E-state index >= 15 is 0 Å². The summed E-state index contributed by atoms with van der Waals surface area (Å²) in [6.07, 6.45) is -4.77. The SMILES string of the molecule is NC1=N[C@@H](c2cccc(F)c2C(F)(F)F)CO1. The van der Waals surface area contributed by atoms with E-state index in [9.17, 15) is 17.6 Å². The predicted molar refractivity (Wildman–Crippen MR) is 51.7 cm³/mol. The highest BCUT2D eigenvalue weighted by Gasteiger charge is 2.39. The normalized spacial score (nSPS) is 20.0. The summed E-state index contributed by atoms with van der Waals surface area (Å²) in [6, 6.07) is 2.02. The van der Waals surface area contributed by atoms with Crippen LogP contribution in [0.4, 0.5) is 17.6 Å². The number of aliphatic imine (C=N–C) groups is 1. The van der Waals surface area contributed by atoms with Gasteiger partial charge in [0.1, 0.15) is 18.5 Å². The Kier molecular flexibility index (Phi) is 2.68. The molecule has 1 heterocycles. The lowest BCUT2D eigenvalue weighted by molar-refractivity contribution is -0.140. The molecule has 0 aliphatic carbocycles. The molecule has 1 aromatic rings. The van der Waals surface area contributed by atoms with E-state index in [1.54, 1.807) is 0 Å². The van der Waals surface area contributed by atoms with Crippen molar-refractivity contribution in [1.29, 1.82) is 0 Å². The monoisotopic (exact) mass is 248 g/mol. The average molecular weight is 248 g/mol. The molecule has 0 amide bonds. The fourth-order valence-electron chi connectivity index (χ4n) is 1.67. The highest BCUT2D eigenvalue weighted by Crippen LogP contribution is 2.38. The first-order valence-electron chi connectivity index (χ1n) is 4.71. The van der Waals surface area contributed by atoms with Gasteiger partial charge in [-0.2, -0.15) is 13.2 Å². The molecule has 17 heavy (non-hydrogen) atoms. The number of hydrogen-bond donors (Lipinski definition) is 1. The molecular weight excluding hydrogens is 240 g/mol. The van der Waals surface area contributed by atoms with Gasteiger partial charge in [-0.05, 0) is 11.6 Å². The first kappa shape index (κ1) is 11.7. The predicted octanol–water partition coefficient (Wildman–Crippen LogP) is 2.23. The average Bonchev–Trinajstić information content (AvgIpc) is 2.62. The Hall–Kier alpha value is -1.79. The number of nitrogens with two attached hydrogens (primary N) is 1. The van der Waals surface area contributed by atoms with Gasteiger partial charge in [-0.25, -0.2) is 9.38 Å². The van der Waals surface area contributed by atoms with Crippen LogP contribution in [-0.2, 0) is 10.9 Å². The highest BCUT2D eigenvalue weighted by atomic mass is 19.4. The van der Waals surface area contributed by atoms with Crippen molar-refractivity contribution in [3.8, 4) is 0 Å². The van der Waals surface area contributed by atoms with Crippen molar-refractivity contribution in [3.05, 3.63) is 35.1 Å². The number of hydrogen-bond acceptors (Lipinski definition) is 3. The molecule has 0 aromatic heterocycles. The third kappa shape index (κ3) is 2.17. The van der Waals surface area contributed by atoms with Crippen LogP contribution in [0.1, 0.15) is 17.2 Å². The number of alkyl halides is 3. The van der Waals surface area contributed by atoms with Crippen molar-refractivity contribution in [1.82, 2.24) is 0 Å². The van der Waals surface area contributed by atoms with Crippen LogP contribution in [0, 0.1) is 5.82 Å². The van der Waals surface area contributed by atoms with Gasteiger partial charge in [0.15, 0.2) is 0 Å². The Morgan fingerprint density at radius 2 is 2.06 bits per heavy atom. The van der Waals surface area contributed by atoms with Crippen molar-refractivity contribution in [3.63, 3.8) is 0 Å². The quantitative estimate of drug-likeness (QED) is 0.775. The van der Waals surface area contributed by atoms with E-state index in [-0.39, 0.29) is 18.2 Å². The van der Waals surface area contributed by atoms with Crippen LogP contribution in [0.15, 0.2) is 23.2 Å². The maximum Gasteiger partial charge on any atom is 0.419 e. The molecule has 0 bridgehead atoms. The number of halogens is 4. The summed E-state index contributed by atoms with van der Waals surface area (Å²) in [5.74, 6) is -1.32. The Labute approximate surface area is 93.9 Å². The number of benzene rings is 1. The van der Waals surface area contributed by atoms with Crippen molar-refractivity contribution in [2.24, 2.45) is 10.7 Å². The van der Waals surface area contributed by atoms with E-state index in [4.69, 9.17) is 10.5 Å². The van der Waals surface area contributed by atoms with E-state index in [2.05, 4.69) is 4.99 Å². The second-order valence-corrected chi connectivity index (χ2v) is 3.50. The minimum atomic E-state index is -4.77. The number of amidine groups is 1. The second kappa shape index (κ2) is 3.90. The van der Waals surface area contributed by atoms with E-state index in [1.165, 1.54) is 12.1 Å². The molecule has 3 nitrogen and oxygen atoms in total. The van der Waals surface area contributed by atoms with Crippen LogP contribution in [0.5, 0.6) is 0 Å². The number of rotatable bonds is 1. The summed E-state index contributed by atoms with van der Waals surface area (Å²) >= 11 is 0. The smallest absolute Gasteiger partial charge is 0.419 e. The van der Waals surface area contributed by atoms with Crippen LogP contribution in [-0.4, -0.2) is 12.6 Å². The van der Waals surface area contributed by atoms with E-state index < -0.39 is 23.6 Å². The summed E-state index contributed by atoms with van der Waals surface area (Å²) < 4.78 is 56.1. The second-order valence-electron chi connectivity index (χ2n) is 3.50. The minimum absolute atomic E-state index is 0.113. The molecule has 7 heteroatoms. The molecule has 0 fully saturated rings. The third-order valence-corrected chi connectivity index (χ3v) is 2.36. The zero-order valence-electron chi connectivity index (χ0n) is 8.46. The van der Waals surface area contributed by atoms with E-state index in [1.807, 2.05) is 0 Å². The van der Waals surface area contributed by atoms with Gasteiger partial charge in [0.25, 0.3) is 6.02 Å². The van der Waals surface area contributed by atoms with Gasteiger partial charge in [-0.3, -0.25) is 0 Å². The molecule has 2 N–H and O–H groups in total. The third-order valence-electron chi connectivity index (χ3n) is 2.36. The topological polar surface area (TPSA) is 47.6 Å². The van der Waals surface area contributed by atoms with Crippen LogP contribution < -0.4 is 5.73 Å². The Morgan fingerprint density at radius 1 is 1.35 bits per heavy atom. The standard InChI is InChI=1S/C10H8F4N2O/c11-6-3-1-2-5(8(6)10(12,13)14)7-4-17-9(15)16-7/h1-3,7H,4H2,(H2,15,16)/t7-/m1/s1. The van der Waals surface area contributed by atoms with Crippen LogP contribution >= 0.6 is 0 Å². The van der Waals surface area contributed by atoms with Gasteiger partial charge in [0.05, 0.1) is 5.56 Å². The lowest BCUT2D eigenvalue weighted by atomic mass is 10.0. The molecule has 2 rings (SSSR count). The maximum absolute atomic E-state index is 13.3. The van der Waals surface area contributed by atoms with Gasteiger partial charge in [-0.1, -0.05) is 12.1 Å². The van der Waals surface area contributed by atoms with Crippen molar-refractivity contribution in [2.75, 3.05) is 6.61 Å². The Morgan fingerprint density at radius 3 is 2.59 bits per heavy atom. The molecule has 1 aliphatic rings. The molecule has 0 spiro atoms. The van der Waals surface area contributed by atoms with Gasteiger partial charge in [0, 0.05) is 0 Å². The minimum Gasteiger partial charge on any atom is -0.463 e. The summed E-state index contributed by atoms with van der Waals surface area (Å²) in [5, 5.41) is 0. The van der Waals surface area contributed by atoms with Crippen molar-refractivity contribution < 1.29 is 22.3 Å². The van der Waals surface area contributed by atoms with Crippen LogP contribution in [0.25, 0.3) is 0 Å². The number of nitrogens with zero attached hydrogens (tertiary/aromatic N) is 1. The molecule has 0 unspecified atom stereocenters. The highest BCUT2D eigenvalue weighted by molar-refractivity contribution is 5.73. The maximum atomic E-state index is 13.3. The Balaban J connectivity index is 2.51. The summed E-state index contributed by atoms with van der Waals surface area (Å²) in [4.78, 5) is 3.68. The van der Waals surface area contributed by atoms with Gasteiger partial charge in [0.2, 0.25) is 0 Å². The first-order chi connectivity index (χ1) is 7.89. The molecule has 1 aromatic carbocycles. The fraction of sp³-hybridized carbons (Fsp3) is 0.300. The summed E-state index contributed by atoms with van der Waals surface area (Å²) in [7, 11) is 0. The van der Waals surface area contributed by atoms with Crippen molar-refractivity contribution >= 4 is 6.02 Å². The lowest BCUT2D eigenvalue weighted by Crippen LogP contribution is -2.14. The van der Waals surface area contributed by atoms with Gasteiger partial charge < -0.3 is 10.5 Å². The molecule has 1 atom stereocenters. The molecular formula is C10H8F4N2O. The lowest BCUT2D eigenvalue weighted by Gasteiger charge is -2.15. The fourth-order valence-corrected chi connectivity index (χ4v) is 1.67. The van der Waals surface area contributed by atoms with Crippen LogP contribution in [0.3, 0.4) is 0 Å². The van der Waals surface area contributed by atoms with E-state index in [0.717, 1.165) is 6.07 Å². The Bertz CT molecular complexity index is 470. The molecule has 0 saturated carbocycles. The molecule has 92 valence electrons. The van der Waals surface area contributed by atoms with Crippen LogP contribution in [0.2, 0.25) is 0 Å². The molecule has 1 aliphatic heterocycles. The molecule has 0 saturated heterocycles. The van der Waals surface area contributed by atoms with Crippen molar-refractivity contribution in [2.45, 2.75) is 12.2 Å². The largest absolute Gasteiger partial charge is 0.463 e. The van der Waals surface area contributed by atoms with Gasteiger partial charge >= 0.3 is 6.18 Å². The first-order valence-corrected chi connectivity index (χ1v) is 4.71. The number of ether oxygens (including phenoxy) is 1. The van der Waals surface area contributed by atoms with E-state index in [0.29, 0.717) is 0 Å². The summed E-state index contributed by atoms with van der Waals surface area (Å²) in [5.41, 5.74) is 3.63. The van der Waals surface area contributed by atoms with Gasteiger partial charge in [-0.15, -0.1) is 0 Å². The zero-order chi connectivity index (χ0) is 12.6. The summed E-state index contributed by atoms with van der Waals surface area (Å²) in [6.45, 7) is -0.113. The zero-order valence-corrected chi connectivity index (χ0v) is 8.46. The molecule has 0 radical (unpaired) electrons.